The van der Waals surface area contributed by atoms with Crippen LogP contribution in [-0.2, 0) is 20.6 Å². The van der Waals surface area contributed by atoms with E-state index in [0.29, 0.717) is 72.2 Å². The van der Waals surface area contributed by atoms with E-state index in [4.69, 9.17) is 32.5 Å². The van der Waals surface area contributed by atoms with Crippen molar-refractivity contribution in [3.05, 3.63) is 222 Å². The van der Waals surface area contributed by atoms with E-state index >= 15 is 0 Å². The number of benzene rings is 5. The molecule has 15 nitrogen and oxygen atoms in total. The first-order valence-corrected chi connectivity index (χ1v) is 25.6. The van der Waals surface area contributed by atoms with Crippen LogP contribution in [0.3, 0.4) is 0 Å². The summed E-state index contributed by atoms with van der Waals surface area (Å²) in [6.45, 7) is 13.4. The Kier molecular flexibility index (Phi) is 26.1. The zero-order chi connectivity index (χ0) is 56.3. The van der Waals surface area contributed by atoms with Crippen molar-refractivity contribution in [3.8, 4) is 34.4 Å². The Morgan fingerprint density at radius 1 is 0.750 bits per heavy atom. The summed E-state index contributed by atoms with van der Waals surface area (Å²) in [6.07, 6.45) is 0. The van der Waals surface area contributed by atoms with Crippen molar-refractivity contribution in [1.82, 2.24) is 9.97 Å². The van der Waals surface area contributed by atoms with Gasteiger partial charge in [-0.25, -0.2) is 16.2 Å². The number of H-pyrrole nitrogens is 2. The van der Waals surface area contributed by atoms with Gasteiger partial charge in [-0.05, 0) is 74.2 Å². The first-order chi connectivity index (χ1) is 36.3. The second kappa shape index (κ2) is 32.0. The molecule has 7 rings (SSSR count). The molecule has 1 unspecified atom stereocenters. The van der Waals surface area contributed by atoms with Crippen LogP contribution in [0, 0.1) is 49.0 Å². The lowest BCUT2D eigenvalue weighted by atomic mass is 9.98. The number of thiocarbonyl (C=S) groups is 1. The highest BCUT2D eigenvalue weighted by atomic mass is 79.9. The van der Waals surface area contributed by atoms with Crippen molar-refractivity contribution in [2.45, 2.75) is 48.8 Å². The molecule has 0 bridgehead atoms. The minimum Gasteiger partial charge on any atom is -0.478 e. The molecule has 0 fully saturated rings. The van der Waals surface area contributed by atoms with Crippen LogP contribution >= 0.6 is 52.5 Å². The normalized spacial score (nSPS) is 10.1. The molecule has 0 saturated carbocycles. The van der Waals surface area contributed by atoms with Crippen LogP contribution in [-0.4, -0.2) is 62.0 Å². The average molecular weight is 1140 g/mol. The van der Waals surface area contributed by atoms with Crippen molar-refractivity contribution < 1.29 is 34.1 Å². The van der Waals surface area contributed by atoms with Crippen LogP contribution in [0.1, 0.15) is 78.3 Å². The number of thioether (sulfide) groups is 1. The van der Waals surface area contributed by atoms with E-state index in [1.54, 1.807) is 82.3 Å². The van der Waals surface area contributed by atoms with Crippen LogP contribution in [0.4, 0.5) is 0 Å². The van der Waals surface area contributed by atoms with E-state index in [1.165, 1.54) is 17.8 Å². The van der Waals surface area contributed by atoms with Gasteiger partial charge < -0.3 is 35.5 Å². The molecular formula is C57H51BrN6O9S3. The first kappa shape index (κ1) is 61.9. The fraction of sp³-hybridized carbons (Fsp3) is 0.158. The quantitative estimate of drug-likeness (QED) is 0.00917. The zero-order valence-electron chi connectivity index (χ0n) is 41.5. The maximum Gasteiger partial charge on any atom is 0.335 e. The van der Waals surface area contributed by atoms with Gasteiger partial charge in [-0.1, -0.05) is 143 Å². The van der Waals surface area contributed by atoms with Gasteiger partial charge >= 0.3 is 17.9 Å². The molecule has 5 aromatic carbocycles. The largest absolute Gasteiger partial charge is 0.478 e. The highest BCUT2D eigenvalue weighted by Crippen LogP contribution is 2.33. The molecule has 19 heteroatoms. The number of nitrogens with two attached hydrogens (primary N) is 1. The van der Waals surface area contributed by atoms with Gasteiger partial charge in [0.25, 0.3) is 17.7 Å². The number of hydrogen-bond acceptors (Lipinski definition) is 12. The first-order valence-electron chi connectivity index (χ1n) is 22.7. The molecule has 388 valence electrons. The number of nitrogens with zero attached hydrogens (tertiary/aromatic N) is 3. The number of carboxylic acids is 2. The standard InChI is InChI=1S/C21H16N2O3S.C13H10N2OS.C12H14O3.C8H7BrO2.C3H4N2S/c1-13-18(15-7-3-2-4-8-15)17(11-22)20(23-19(13)24)27-12-14-6-5-9-16(10-14)21(25)26;1-8-11(9-5-3-2-4-6-9)10(7-14)13(17)15-12(8)16;1-3-15-12(14)9(2)11(13)10-7-5-4-6-8-10;9-5-6-2-1-3-7(4-6)8(10)11;1-5-2-3(4)6/h2-10H,12H2,1H3,(H,23,24)(H,25,26);2-6H,1H3,(H2,15,16,17);4-9H,3H2,1-2H3;1-4H,5H2,(H,10,11);2H2,(H2,4,6). The van der Waals surface area contributed by atoms with Crippen LogP contribution in [0.5, 0.6) is 0 Å². The maximum atomic E-state index is 12.4. The Bertz CT molecular complexity index is 3410. The third-order valence-corrected chi connectivity index (χ3v) is 12.6. The van der Waals surface area contributed by atoms with Crippen LogP contribution < -0.4 is 16.9 Å². The lowest BCUT2D eigenvalue weighted by Crippen LogP contribution is -2.23. The molecule has 7 aromatic rings. The number of aromatic nitrogens is 2. The molecule has 0 radical (unpaired) electrons. The van der Waals surface area contributed by atoms with Gasteiger partial charge in [0.05, 0.1) is 38.9 Å². The van der Waals surface area contributed by atoms with E-state index in [1.807, 2.05) is 78.9 Å². The number of thiol groups is 1. The lowest BCUT2D eigenvalue weighted by Gasteiger charge is -2.12. The number of nitrogens with one attached hydrogen (secondary N) is 2. The summed E-state index contributed by atoms with van der Waals surface area (Å²) in [5.74, 6) is -2.83. The van der Waals surface area contributed by atoms with Crippen molar-refractivity contribution in [2.75, 3.05) is 13.2 Å². The number of alkyl halides is 1. The van der Waals surface area contributed by atoms with Gasteiger partial charge in [-0.3, -0.25) is 19.2 Å². The Morgan fingerprint density at radius 3 is 1.63 bits per heavy atom. The molecule has 0 amide bonds. The fourth-order valence-corrected chi connectivity index (χ4v) is 8.28. The summed E-state index contributed by atoms with van der Waals surface area (Å²) in [6, 6.07) is 45.2. The number of esters is 1. The smallest absolute Gasteiger partial charge is 0.335 e. The predicted molar refractivity (Wildman–Crippen MR) is 305 cm³/mol. The number of halogens is 1. The summed E-state index contributed by atoms with van der Waals surface area (Å²) in [5.41, 5.74) is 12.1. The highest BCUT2D eigenvalue weighted by molar-refractivity contribution is 9.08. The van der Waals surface area contributed by atoms with Gasteiger partial charge in [-0.15, -0.1) is 24.4 Å². The third-order valence-electron chi connectivity index (χ3n) is 10.4. The van der Waals surface area contributed by atoms with Gasteiger partial charge in [0.1, 0.15) is 18.1 Å². The zero-order valence-corrected chi connectivity index (χ0v) is 45.6. The second-order valence-corrected chi connectivity index (χ2v) is 18.2. The molecule has 76 heavy (non-hydrogen) atoms. The number of rotatable bonds is 13. The molecule has 0 spiro atoms. The molecular weight excluding hydrogens is 1090 g/mol. The van der Waals surface area contributed by atoms with Crippen LogP contribution in [0.2, 0.25) is 0 Å². The molecule has 0 aliphatic heterocycles. The van der Waals surface area contributed by atoms with Crippen molar-refractivity contribution >= 4 is 81.2 Å². The number of pyridine rings is 2. The SMILES string of the molecule is CCOC(=O)C(C)C(=O)c1ccccc1.Cc1c(-c2ccccc2)c(C#N)c(S)[nH]c1=O.Cc1c(-c2ccccc2)c(C#N)c(SCc2cccc(C(=O)O)c2)[nH]c1=O.O=C(O)c1cccc(CBr)c1.[C-]#[N+]CC(N)=S. The number of ketones is 1. The van der Waals surface area contributed by atoms with Crippen molar-refractivity contribution in [3.63, 3.8) is 0 Å². The molecule has 0 aliphatic rings. The van der Waals surface area contributed by atoms with E-state index in [2.05, 4.69) is 67.7 Å². The Labute approximate surface area is 462 Å². The summed E-state index contributed by atoms with van der Waals surface area (Å²) in [5, 5.41) is 38.1. The number of nitriles is 2. The van der Waals surface area contributed by atoms with Crippen LogP contribution in [0.25, 0.3) is 27.1 Å². The van der Waals surface area contributed by atoms with E-state index in [9.17, 15) is 34.0 Å². The number of carbonyl (C=O) groups excluding carboxylic acids is 2. The predicted octanol–water partition coefficient (Wildman–Crippen LogP) is 11.3. The molecule has 0 aliphatic carbocycles. The Hall–Kier alpha value is -8.38. The monoisotopic (exact) mass is 1140 g/mol. The Morgan fingerprint density at radius 2 is 1.20 bits per heavy atom. The number of hydrogen-bond donors (Lipinski definition) is 6. The third kappa shape index (κ3) is 18.8. The van der Waals surface area contributed by atoms with Gasteiger partial charge in [-0.2, -0.15) is 10.5 Å². The van der Waals surface area contributed by atoms with E-state index in [-0.39, 0.29) is 34.0 Å². The van der Waals surface area contributed by atoms with Gasteiger partial charge in [0, 0.05) is 38.9 Å². The summed E-state index contributed by atoms with van der Waals surface area (Å²) >= 11 is 13.0. The van der Waals surface area contributed by atoms with E-state index in [0.717, 1.165) is 22.3 Å². The number of Topliss-reactive ketones (excluding diaryl/α,β-unsaturated/α-hetero) is 1. The lowest BCUT2D eigenvalue weighted by molar-refractivity contribution is -0.145. The average Bonchev–Trinajstić information content (AvgIpc) is 3.43. The molecule has 6 N–H and O–H groups in total. The van der Waals surface area contributed by atoms with Crippen molar-refractivity contribution in [1.29, 1.82) is 10.5 Å². The van der Waals surface area contributed by atoms with Crippen molar-refractivity contribution in [2.24, 2.45) is 11.7 Å². The number of carboxylic acid groups (broad SMARTS) is 2. The summed E-state index contributed by atoms with van der Waals surface area (Å²) < 4.78 is 4.79. The highest BCUT2D eigenvalue weighted by Gasteiger charge is 2.23. The topological polar surface area (TPSA) is 262 Å². The fourth-order valence-electron chi connectivity index (χ4n) is 6.65. The maximum absolute atomic E-state index is 12.4. The number of aromatic carboxylic acids is 2. The molecule has 2 aromatic heterocycles. The minimum absolute atomic E-state index is 0.176. The van der Waals surface area contributed by atoms with Gasteiger partial charge in [0.15, 0.2) is 10.8 Å². The molecule has 1 atom stereocenters. The Balaban J connectivity index is 0.000000270. The second-order valence-electron chi connectivity index (χ2n) is 15.7. The molecule has 0 saturated heterocycles. The summed E-state index contributed by atoms with van der Waals surface area (Å²) in [4.78, 5) is 77.3. The van der Waals surface area contributed by atoms with E-state index < -0.39 is 23.8 Å². The summed E-state index contributed by atoms with van der Waals surface area (Å²) in [7, 11) is 0. The minimum atomic E-state index is -0.991. The number of aromatic amines is 2. The number of carbonyl (C=O) groups is 4. The van der Waals surface area contributed by atoms with Crippen LogP contribution in [0.15, 0.2) is 159 Å². The molecule has 2 heterocycles. The number of ether oxygens (including phenoxy) is 1. The van der Waals surface area contributed by atoms with Gasteiger partial charge in [0.2, 0.25) is 0 Å².